The van der Waals surface area contributed by atoms with Crippen LogP contribution in [-0.2, 0) is 0 Å². The monoisotopic (exact) mass is 283 g/mol. The average Bonchev–Trinajstić information content (AvgIpc) is 2.02. The van der Waals surface area contributed by atoms with E-state index in [4.69, 9.17) is 10.5 Å². The van der Waals surface area contributed by atoms with Crippen molar-refractivity contribution in [3.63, 3.8) is 0 Å². The Labute approximate surface area is 94.5 Å². The van der Waals surface area contributed by atoms with Gasteiger partial charge in [-0.05, 0) is 0 Å². The van der Waals surface area contributed by atoms with Crippen LogP contribution in [0.25, 0.3) is 0 Å². The summed E-state index contributed by atoms with van der Waals surface area (Å²) in [6, 6.07) is 4.03. The molecular formula is C7H12F6N3P. The zero-order valence-corrected chi connectivity index (χ0v) is 10.2. The quantitative estimate of drug-likeness (QED) is 0.625. The van der Waals surface area contributed by atoms with E-state index in [1.54, 1.807) is 0 Å². The van der Waals surface area contributed by atoms with E-state index in [-0.39, 0.29) is 0 Å². The van der Waals surface area contributed by atoms with Crippen LogP contribution in [-0.4, -0.2) is 19.6 Å². The van der Waals surface area contributed by atoms with Crippen molar-refractivity contribution in [2.45, 2.75) is 18.9 Å². The fourth-order valence-corrected chi connectivity index (χ4v) is 0.760. The molecule has 0 saturated heterocycles. The van der Waals surface area contributed by atoms with Crippen molar-refractivity contribution in [3.8, 4) is 12.1 Å². The van der Waals surface area contributed by atoms with Crippen LogP contribution in [0, 0.1) is 22.7 Å². The van der Waals surface area contributed by atoms with Crippen molar-refractivity contribution in [2.75, 3.05) is 14.1 Å². The molecule has 0 aliphatic carbocycles. The Kier molecular flexibility index (Phi) is 4.66. The fourth-order valence-electron chi connectivity index (χ4n) is 0.760. The van der Waals surface area contributed by atoms with Crippen LogP contribution >= 0.6 is 7.81 Å². The molecule has 0 aromatic carbocycles. The fraction of sp³-hybridized carbons (Fsp3) is 0.714. The Balaban J connectivity index is 0. The predicted molar refractivity (Wildman–Crippen MR) is 50.6 cm³/mol. The van der Waals surface area contributed by atoms with Crippen LogP contribution in [0.15, 0.2) is 0 Å². The third-order valence-corrected chi connectivity index (χ3v) is 1.77. The van der Waals surface area contributed by atoms with Crippen molar-refractivity contribution >= 4 is 7.81 Å². The molecule has 0 unspecified atom stereocenters. The molecule has 0 radical (unpaired) electrons. The van der Waals surface area contributed by atoms with E-state index < -0.39 is 13.3 Å². The number of quaternary nitrogens is 1. The van der Waals surface area contributed by atoms with Crippen LogP contribution in [0.4, 0.5) is 25.2 Å². The van der Waals surface area contributed by atoms with E-state index in [0.29, 0.717) is 6.42 Å². The van der Waals surface area contributed by atoms with E-state index in [0.717, 1.165) is 4.90 Å². The normalized spacial score (nSPS) is 15.8. The van der Waals surface area contributed by atoms with Gasteiger partial charge in [-0.15, -0.1) is 0 Å². The van der Waals surface area contributed by atoms with Crippen LogP contribution in [0.1, 0.15) is 13.3 Å². The molecule has 17 heavy (non-hydrogen) atoms. The first-order chi connectivity index (χ1) is 7.07. The minimum atomic E-state index is -10.7. The summed E-state index contributed by atoms with van der Waals surface area (Å²) in [6.45, 7) is 1.85. The van der Waals surface area contributed by atoms with Gasteiger partial charge in [-0.3, -0.25) is 0 Å². The Morgan fingerprint density at radius 3 is 1.24 bits per heavy atom. The number of nitrogens with zero attached hydrogens (tertiary/aromatic N) is 2. The van der Waals surface area contributed by atoms with Gasteiger partial charge >= 0.3 is 33.0 Å². The van der Waals surface area contributed by atoms with Crippen molar-refractivity contribution in [1.82, 2.24) is 0 Å². The molecular weight excluding hydrogens is 271 g/mol. The van der Waals surface area contributed by atoms with Gasteiger partial charge in [-0.2, -0.15) is 10.5 Å². The Hall–Kier alpha value is -1.05. The molecule has 1 N–H and O–H groups in total. The van der Waals surface area contributed by atoms with Gasteiger partial charge in [0.2, 0.25) is 0 Å². The summed E-state index contributed by atoms with van der Waals surface area (Å²) >= 11 is 0. The Morgan fingerprint density at radius 2 is 1.24 bits per heavy atom. The van der Waals surface area contributed by atoms with Gasteiger partial charge in [0.05, 0.1) is 14.1 Å². The molecule has 3 nitrogen and oxygen atoms in total. The van der Waals surface area contributed by atoms with E-state index in [2.05, 4.69) is 0 Å². The summed E-state index contributed by atoms with van der Waals surface area (Å²) in [7, 11) is -7.03. The van der Waals surface area contributed by atoms with Crippen LogP contribution in [0.5, 0.6) is 0 Å². The summed E-state index contributed by atoms with van der Waals surface area (Å²) in [5, 5.41) is 17.3. The molecule has 0 aliphatic rings. The third-order valence-electron chi connectivity index (χ3n) is 1.77. The molecule has 0 rings (SSSR count). The minimum absolute atomic E-state index is 0.572. The number of halogens is 6. The van der Waals surface area contributed by atoms with E-state index in [1.165, 1.54) is 0 Å². The summed E-state index contributed by atoms with van der Waals surface area (Å²) < 4.78 is 59.2. The van der Waals surface area contributed by atoms with E-state index in [1.807, 2.05) is 33.2 Å². The summed E-state index contributed by atoms with van der Waals surface area (Å²) in [4.78, 5) is 0.875. The topological polar surface area (TPSA) is 52.0 Å². The first-order valence-electron chi connectivity index (χ1n) is 4.27. The first-order valence-corrected chi connectivity index (χ1v) is 6.30. The molecule has 0 aliphatic heterocycles. The summed E-state index contributed by atoms with van der Waals surface area (Å²) in [5.41, 5.74) is -0.847. The van der Waals surface area contributed by atoms with E-state index >= 15 is 0 Å². The Bertz CT molecular complexity index is 319. The molecule has 0 fully saturated rings. The molecule has 0 amide bonds. The van der Waals surface area contributed by atoms with Gasteiger partial charge in [-0.25, -0.2) is 0 Å². The Morgan fingerprint density at radius 1 is 1.00 bits per heavy atom. The second kappa shape index (κ2) is 4.32. The second-order valence-electron chi connectivity index (χ2n) is 3.44. The molecule has 10 heteroatoms. The molecule has 0 spiro atoms. The molecule has 0 aromatic rings. The van der Waals surface area contributed by atoms with Crippen molar-refractivity contribution in [1.29, 1.82) is 10.5 Å². The van der Waals surface area contributed by atoms with Crippen molar-refractivity contribution in [2.24, 2.45) is 0 Å². The zero-order valence-electron chi connectivity index (χ0n) is 9.32. The van der Waals surface area contributed by atoms with Gasteiger partial charge in [0.15, 0.2) is 0 Å². The van der Waals surface area contributed by atoms with Crippen molar-refractivity contribution < 1.29 is 30.1 Å². The molecule has 0 aromatic heterocycles. The van der Waals surface area contributed by atoms with Gasteiger partial charge in [-0.1, -0.05) is 6.92 Å². The number of hydrogen-bond acceptors (Lipinski definition) is 2. The standard InChI is InChI=1S/C7H11N3.F6P/c1-4-7(5-8,6-9)10(2)3;1-7(2,3,4,5)6/h4H2,1-3H3;/q;-1/p+1. The number of rotatable bonds is 2. The molecule has 0 saturated carbocycles. The van der Waals surface area contributed by atoms with Gasteiger partial charge < -0.3 is 4.90 Å². The van der Waals surface area contributed by atoms with Crippen LogP contribution < -0.4 is 4.90 Å². The second-order valence-corrected chi connectivity index (χ2v) is 5.36. The maximum atomic E-state index is 9.87. The van der Waals surface area contributed by atoms with Crippen molar-refractivity contribution in [3.05, 3.63) is 0 Å². The van der Waals surface area contributed by atoms with Gasteiger partial charge in [0.1, 0.15) is 12.1 Å². The summed E-state index contributed by atoms with van der Waals surface area (Å²) in [6.07, 6.45) is 0.572. The molecule has 0 heterocycles. The summed E-state index contributed by atoms with van der Waals surface area (Å²) in [5.74, 6) is 0. The van der Waals surface area contributed by atoms with Gasteiger partial charge in [0.25, 0.3) is 5.54 Å². The van der Waals surface area contributed by atoms with Gasteiger partial charge in [0, 0.05) is 6.42 Å². The SMILES string of the molecule is CCC(C#N)(C#N)[NH+](C)C.F[P-](F)(F)(F)(F)F. The predicted octanol–water partition coefficient (Wildman–Crippen LogP) is 2.71. The molecule has 102 valence electrons. The number of nitriles is 2. The zero-order chi connectivity index (χ0) is 14.6. The van der Waals surface area contributed by atoms with Crippen LogP contribution in [0.2, 0.25) is 0 Å². The molecule has 0 bridgehead atoms. The van der Waals surface area contributed by atoms with Crippen LogP contribution in [0.3, 0.4) is 0 Å². The number of nitrogens with one attached hydrogen (secondary N) is 1. The first kappa shape index (κ1) is 18.3. The third kappa shape index (κ3) is 12.9. The number of hydrogen-bond donors (Lipinski definition) is 1. The average molecular weight is 283 g/mol. The molecule has 0 atom stereocenters. The van der Waals surface area contributed by atoms with E-state index in [9.17, 15) is 25.2 Å². The maximum absolute atomic E-state index is 10.7.